The fourth-order valence-corrected chi connectivity index (χ4v) is 2.69. The molecule has 5 nitrogen and oxygen atoms in total. The van der Waals surface area contributed by atoms with Crippen LogP contribution in [0.3, 0.4) is 0 Å². The number of guanidine groups is 1. The summed E-state index contributed by atoms with van der Waals surface area (Å²) in [5, 5.41) is 8.77. The van der Waals surface area contributed by atoms with Gasteiger partial charge < -0.3 is 15.5 Å². The molecule has 0 fully saturated rings. The molecule has 0 aliphatic carbocycles. The molecule has 0 saturated heterocycles. The van der Waals surface area contributed by atoms with Crippen LogP contribution in [-0.4, -0.2) is 38.6 Å². The molecule has 2 rings (SSSR count). The van der Waals surface area contributed by atoms with E-state index in [2.05, 4.69) is 44.2 Å². The predicted molar refractivity (Wildman–Crippen MR) is 94.8 cm³/mol. The van der Waals surface area contributed by atoms with Crippen molar-refractivity contribution in [2.75, 3.05) is 32.6 Å². The first-order valence-corrected chi connectivity index (χ1v) is 8.16. The highest BCUT2D eigenvalue weighted by molar-refractivity contribution is 7.09. The Morgan fingerprint density at radius 3 is 2.86 bits per heavy atom. The Morgan fingerprint density at radius 1 is 1.32 bits per heavy atom. The van der Waals surface area contributed by atoms with Crippen molar-refractivity contribution in [3.8, 4) is 0 Å². The van der Waals surface area contributed by atoms with Crippen LogP contribution >= 0.6 is 11.3 Å². The molecule has 22 heavy (non-hydrogen) atoms. The van der Waals surface area contributed by atoms with E-state index >= 15 is 0 Å². The average molecular weight is 317 g/mol. The van der Waals surface area contributed by atoms with Crippen LogP contribution in [0.25, 0.3) is 0 Å². The van der Waals surface area contributed by atoms with Crippen LogP contribution in [0.4, 0.5) is 5.82 Å². The van der Waals surface area contributed by atoms with Gasteiger partial charge in [0.2, 0.25) is 0 Å². The standard InChI is InChI=1S/C16H23N5S/c1-17-16(19-9-7-14-5-4-10-22-14)20-12-13-6-8-18-15(11-13)21(2)3/h4-6,8,10-11H,7,9,12H2,1-3H3,(H2,17,19,20). The molecule has 118 valence electrons. The van der Waals surface area contributed by atoms with E-state index in [-0.39, 0.29) is 0 Å². The smallest absolute Gasteiger partial charge is 0.191 e. The van der Waals surface area contributed by atoms with Gasteiger partial charge in [0.25, 0.3) is 0 Å². The summed E-state index contributed by atoms with van der Waals surface area (Å²) >= 11 is 1.78. The minimum atomic E-state index is 0.724. The number of anilines is 1. The highest BCUT2D eigenvalue weighted by atomic mass is 32.1. The highest BCUT2D eigenvalue weighted by Crippen LogP contribution is 2.09. The summed E-state index contributed by atoms with van der Waals surface area (Å²) in [7, 11) is 5.77. The Kier molecular flexibility index (Phi) is 6.21. The summed E-state index contributed by atoms with van der Waals surface area (Å²) in [6.45, 7) is 1.60. The Labute approximate surface area is 136 Å². The Balaban J connectivity index is 1.79. The van der Waals surface area contributed by atoms with Gasteiger partial charge in [0.1, 0.15) is 5.82 Å². The first-order valence-electron chi connectivity index (χ1n) is 7.28. The SMILES string of the molecule is CN=C(NCCc1cccs1)NCc1ccnc(N(C)C)c1. The number of hydrogen-bond acceptors (Lipinski definition) is 4. The summed E-state index contributed by atoms with van der Waals surface area (Å²) in [5.74, 6) is 1.78. The largest absolute Gasteiger partial charge is 0.363 e. The first-order chi connectivity index (χ1) is 10.7. The second-order valence-electron chi connectivity index (χ2n) is 5.10. The van der Waals surface area contributed by atoms with Crippen LogP contribution in [0.5, 0.6) is 0 Å². The first kappa shape index (κ1) is 16.3. The third kappa shape index (κ3) is 5.04. The Bertz CT molecular complexity index is 592. The monoisotopic (exact) mass is 317 g/mol. The number of aromatic nitrogens is 1. The Hall–Kier alpha value is -2.08. The molecule has 2 aromatic rings. The zero-order chi connectivity index (χ0) is 15.8. The van der Waals surface area contributed by atoms with Crippen molar-refractivity contribution in [3.05, 3.63) is 46.3 Å². The van der Waals surface area contributed by atoms with Gasteiger partial charge in [-0.3, -0.25) is 4.99 Å². The van der Waals surface area contributed by atoms with Crippen LogP contribution in [0, 0.1) is 0 Å². The van der Waals surface area contributed by atoms with E-state index in [0.29, 0.717) is 0 Å². The number of thiophene rings is 1. The molecule has 0 saturated carbocycles. The number of rotatable bonds is 6. The molecule has 0 atom stereocenters. The molecular formula is C16H23N5S. The van der Waals surface area contributed by atoms with E-state index in [0.717, 1.165) is 31.3 Å². The van der Waals surface area contributed by atoms with Crippen molar-refractivity contribution in [3.63, 3.8) is 0 Å². The van der Waals surface area contributed by atoms with Crippen LogP contribution in [-0.2, 0) is 13.0 Å². The van der Waals surface area contributed by atoms with E-state index in [1.54, 1.807) is 18.4 Å². The maximum atomic E-state index is 4.32. The summed E-state index contributed by atoms with van der Waals surface area (Å²) in [4.78, 5) is 11.9. The van der Waals surface area contributed by atoms with Gasteiger partial charge in [0.15, 0.2) is 5.96 Å². The molecule has 0 aliphatic rings. The van der Waals surface area contributed by atoms with E-state index < -0.39 is 0 Å². The summed E-state index contributed by atoms with van der Waals surface area (Å²) < 4.78 is 0. The van der Waals surface area contributed by atoms with E-state index in [1.807, 2.05) is 31.3 Å². The normalized spacial score (nSPS) is 11.3. The fourth-order valence-electron chi connectivity index (χ4n) is 1.98. The fraction of sp³-hybridized carbons (Fsp3) is 0.375. The van der Waals surface area contributed by atoms with Gasteiger partial charge in [-0.2, -0.15) is 0 Å². The van der Waals surface area contributed by atoms with E-state index in [1.165, 1.54) is 10.4 Å². The third-order valence-corrected chi connectivity index (χ3v) is 4.13. The van der Waals surface area contributed by atoms with Gasteiger partial charge in [0, 0.05) is 45.3 Å². The molecule has 2 heterocycles. The van der Waals surface area contributed by atoms with Gasteiger partial charge >= 0.3 is 0 Å². The van der Waals surface area contributed by atoms with Crippen molar-refractivity contribution < 1.29 is 0 Å². The lowest BCUT2D eigenvalue weighted by atomic mass is 10.2. The van der Waals surface area contributed by atoms with Crippen LogP contribution in [0.1, 0.15) is 10.4 Å². The van der Waals surface area contributed by atoms with Gasteiger partial charge in [-0.25, -0.2) is 4.98 Å². The van der Waals surface area contributed by atoms with Crippen LogP contribution in [0.15, 0.2) is 40.8 Å². The lowest BCUT2D eigenvalue weighted by Gasteiger charge is -2.14. The second-order valence-corrected chi connectivity index (χ2v) is 6.13. The van der Waals surface area contributed by atoms with Gasteiger partial charge in [-0.15, -0.1) is 11.3 Å². The van der Waals surface area contributed by atoms with Crippen LogP contribution in [0.2, 0.25) is 0 Å². The zero-order valence-corrected chi connectivity index (χ0v) is 14.2. The van der Waals surface area contributed by atoms with Crippen molar-refractivity contribution in [2.24, 2.45) is 4.99 Å². The van der Waals surface area contributed by atoms with Gasteiger partial charge in [0.05, 0.1) is 0 Å². The molecule has 6 heteroatoms. The summed E-state index contributed by atoms with van der Waals surface area (Å²) in [6.07, 6.45) is 2.84. The zero-order valence-electron chi connectivity index (χ0n) is 13.3. The topological polar surface area (TPSA) is 52.6 Å². The predicted octanol–water partition coefficient (Wildman–Crippen LogP) is 2.12. The Morgan fingerprint density at radius 2 is 2.18 bits per heavy atom. The van der Waals surface area contributed by atoms with Gasteiger partial charge in [-0.05, 0) is 35.6 Å². The molecule has 0 radical (unpaired) electrons. The number of nitrogens with zero attached hydrogens (tertiary/aromatic N) is 3. The molecule has 0 bridgehead atoms. The maximum absolute atomic E-state index is 4.32. The maximum Gasteiger partial charge on any atom is 0.191 e. The van der Waals surface area contributed by atoms with Gasteiger partial charge in [-0.1, -0.05) is 6.07 Å². The number of nitrogens with one attached hydrogen (secondary N) is 2. The van der Waals surface area contributed by atoms with E-state index in [4.69, 9.17) is 0 Å². The summed E-state index contributed by atoms with van der Waals surface area (Å²) in [6, 6.07) is 8.33. The minimum absolute atomic E-state index is 0.724. The lowest BCUT2D eigenvalue weighted by molar-refractivity contribution is 0.798. The molecule has 0 aliphatic heterocycles. The van der Waals surface area contributed by atoms with Crippen molar-refractivity contribution >= 4 is 23.1 Å². The molecule has 0 spiro atoms. The molecule has 0 amide bonds. The molecular weight excluding hydrogens is 294 g/mol. The van der Waals surface area contributed by atoms with Crippen molar-refractivity contribution in [1.82, 2.24) is 15.6 Å². The number of hydrogen-bond donors (Lipinski definition) is 2. The lowest BCUT2D eigenvalue weighted by Crippen LogP contribution is -2.37. The number of pyridine rings is 1. The highest BCUT2D eigenvalue weighted by Gasteiger charge is 2.02. The minimum Gasteiger partial charge on any atom is -0.363 e. The van der Waals surface area contributed by atoms with Crippen molar-refractivity contribution in [2.45, 2.75) is 13.0 Å². The quantitative estimate of drug-likeness (QED) is 0.633. The van der Waals surface area contributed by atoms with Crippen LogP contribution < -0.4 is 15.5 Å². The third-order valence-electron chi connectivity index (χ3n) is 3.20. The molecule has 2 aromatic heterocycles. The summed E-state index contributed by atoms with van der Waals surface area (Å²) in [5.41, 5.74) is 1.18. The second kappa shape index (κ2) is 8.38. The van der Waals surface area contributed by atoms with Crippen molar-refractivity contribution in [1.29, 1.82) is 0 Å². The molecule has 0 aromatic carbocycles. The molecule has 2 N–H and O–H groups in total. The average Bonchev–Trinajstić information content (AvgIpc) is 3.04. The molecule has 0 unspecified atom stereocenters. The van der Waals surface area contributed by atoms with E-state index in [9.17, 15) is 0 Å². The number of aliphatic imine (C=N–C) groups is 1.